The molecule has 64 valence electrons. The van der Waals surface area contributed by atoms with E-state index in [0.29, 0.717) is 12.2 Å². The van der Waals surface area contributed by atoms with Crippen LogP contribution in [0.3, 0.4) is 0 Å². The zero-order valence-corrected chi connectivity index (χ0v) is 6.66. The van der Waals surface area contributed by atoms with Crippen LogP contribution in [0.5, 0.6) is 5.75 Å². The summed E-state index contributed by atoms with van der Waals surface area (Å²) >= 11 is 0. The van der Waals surface area contributed by atoms with Gasteiger partial charge in [0.15, 0.2) is 0 Å². The van der Waals surface area contributed by atoms with Crippen molar-refractivity contribution >= 4 is 0 Å². The van der Waals surface area contributed by atoms with Crippen molar-refractivity contribution < 1.29 is 9.84 Å². The molecule has 0 unspecified atom stereocenters. The topological polar surface area (TPSA) is 55.5 Å². The summed E-state index contributed by atoms with van der Waals surface area (Å²) in [7, 11) is 0. The smallest absolute Gasteiger partial charge is 0.265 e. The van der Waals surface area contributed by atoms with Gasteiger partial charge in [-0.25, -0.2) is 0 Å². The molecule has 0 saturated carbocycles. The molecule has 12 heavy (non-hydrogen) atoms. The molecule has 1 aromatic carbocycles. The standard InChI is InChI=1S/C9H11NO2/c10-9(11)6-5-7-3-1-2-4-8(7)12-9/h1-4,11H,5-6,10H2/t9-/m1/s1. The Hall–Kier alpha value is -1.06. The maximum absolute atomic E-state index is 9.38. The zero-order chi connectivity index (χ0) is 8.60. The molecule has 1 aromatic rings. The number of aliphatic hydroxyl groups is 1. The van der Waals surface area contributed by atoms with Crippen molar-refractivity contribution in [3.63, 3.8) is 0 Å². The first-order chi connectivity index (χ1) is 5.67. The van der Waals surface area contributed by atoms with Gasteiger partial charge in [0, 0.05) is 6.42 Å². The fourth-order valence-electron chi connectivity index (χ4n) is 1.37. The molecule has 3 N–H and O–H groups in total. The summed E-state index contributed by atoms with van der Waals surface area (Å²) in [5, 5.41) is 9.38. The number of hydrogen-bond donors (Lipinski definition) is 2. The summed E-state index contributed by atoms with van der Waals surface area (Å²) in [5.74, 6) is -0.789. The van der Waals surface area contributed by atoms with Crippen molar-refractivity contribution in [2.45, 2.75) is 18.8 Å². The van der Waals surface area contributed by atoms with E-state index in [0.717, 1.165) is 12.0 Å². The molecule has 0 spiro atoms. The lowest BCUT2D eigenvalue weighted by atomic mass is 10.0. The number of ether oxygens (including phenoxy) is 1. The third kappa shape index (κ3) is 1.29. The fourth-order valence-corrected chi connectivity index (χ4v) is 1.37. The molecule has 1 heterocycles. The summed E-state index contributed by atoms with van der Waals surface area (Å²) in [4.78, 5) is 0. The summed E-state index contributed by atoms with van der Waals surface area (Å²) in [6, 6.07) is 7.60. The number of aryl methyl sites for hydroxylation is 1. The van der Waals surface area contributed by atoms with Crippen LogP contribution in [-0.4, -0.2) is 11.0 Å². The number of para-hydroxylation sites is 1. The first-order valence-electron chi connectivity index (χ1n) is 3.95. The fraction of sp³-hybridized carbons (Fsp3) is 0.333. The molecule has 0 bridgehead atoms. The van der Waals surface area contributed by atoms with E-state index in [-0.39, 0.29) is 0 Å². The Labute approximate surface area is 70.8 Å². The van der Waals surface area contributed by atoms with Crippen LogP contribution < -0.4 is 10.5 Å². The van der Waals surface area contributed by atoms with Gasteiger partial charge in [0.1, 0.15) is 5.75 Å². The van der Waals surface area contributed by atoms with Crippen LogP contribution in [0.15, 0.2) is 24.3 Å². The first kappa shape index (κ1) is 7.58. The third-order valence-electron chi connectivity index (χ3n) is 2.01. The van der Waals surface area contributed by atoms with Gasteiger partial charge in [0.05, 0.1) is 0 Å². The predicted molar refractivity (Wildman–Crippen MR) is 44.5 cm³/mol. The Bertz CT molecular complexity index is 296. The quantitative estimate of drug-likeness (QED) is 0.554. The van der Waals surface area contributed by atoms with Gasteiger partial charge >= 0.3 is 0 Å². The normalized spacial score (nSPS) is 27.5. The van der Waals surface area contributed by atoms with Gasteiger partial charge in [0.2, 0.25) is 0 Å². The molecule has 0 amide bonds. The molecule has 1 aliphatic heterocycles. The Kier molecular flexibility index (Phi) is 1.56. The zero-order valence-electron chi connectivity index (χ0n) is 6.66. The van der Waals surface area contributed by atoms with Crippen LogP contribution in [0.2, 0.25) is 0 Å². The highest BCUT2D eigenvalue weighted by Crippen LogP contribution is 2.28. The SMILES string of the molecule is N[C@@]1(O)CCc2ccccc2O1. The highest BCUT2D eigenvalue weighted by atomic mass is 16.6. The Morgan fingerprint density at radius 1 is 1.42 bits per heavy atom. The van der Waals surface area contributed by atoms with E-state index in [1.165, 1.54) is 0 Å². The van der Waals surface area contributed by atoms with Gasteiger partial charge in [-0.05, 0) is 18.1 Å². The second kappa shape index (κ2) is 2.47. The lowest BCUT2D eigenvalue weighted by Gasteiger charge is -2.30. The molecule has 3 heteroatoms. The second-order valence-corrected chi connectivity index (χ2v) is 3.05. The average Bonchev–Trinajstić information content (AvgIpc) is 2.02. The van der Waals surface area contributed by atoms with Gasteiger partial charge in [0.25, 0.3) is 5.91 Å². The molecule has 0 aliphatic carbocycles. The molecule has 0 saturated heterocycles. The number of nitrogens with two attached hydrogens (primary N) is 1. The molecule has 0 radical (unpaired) electrons. The van der Waals surface area contributed by atoms with E-state index in [4.69, 9.17) is 10.5 Å². The molecule has 3 nitrogen and oxygen atoms in total. The highest BCUT2D eigenvalue weighted by molar-refractivity contribution is 5.35. The van der Waals surface area contributed by atoms with Gasteiger partial charge in [-0.2, -0.15) is 0 Å². The largest absolute Gasteiger partial charge is 0.449 e. The minimum absolute atomic E-state index is 0.448. The Balaban J connectivity index is 2.35. The van der Waals surface area contributed by atoms with Crippen molar-refractivity contribution in [2.24, 2.45) is 5.73 Å². The Morgan fingerprint density at radius 2 is 2.17 bits per heavy atom. The number of benzene rings is 1. The van der Waals surface area contributed by atoms with Crippen molar-refractivity contribution in [3.8, 4) is 5.75 Å². The lowest BCUT2D eigenvalue weighted by Crippen LogP contribution is -2.48. The molecule has 2 rings (SSSR count). The summed E-state index contributed by atoms with van der Waals surface area (Å²) in [6.45, 7) is 0. The maximum atomic E-state index is 9.38. The number of hydrogen-bond acceptors (Lipinski definition) is 3. The summed E-state index contributed by atoms with van der Waals surface area (Å²) in [6.07, 6.45) is 1.22. The van der Waals surface area contributed by atoms with Crippen LogP contribution in [0.4, 0.5) is 0 Å². The van der Waals surface area contributed by atoms with Crippen LogP contribution in [0.1, 0.15) is 12.0 Å². The molecule has 1 atom stereocenters. The van der Waals surface area contributed by atoms with Crippen molar-refractivity contribution in [1.29, 1.82) is 0 Å². The first-order valence-corrected chi connectivity index (χ1v) is 3.95. The van der Waals surface area contributed by atoms with E-state index in [2.05, 4.69) is 0 Å². The van der Waals surface area contributed by atoms with Gasteiger partial charge in [-0.1, -0.05) is 18.2 Å². The minimum atomic E-state index is -1.48. The van der Waals surface area contributed by atoms with E-state index >= 15 is 0 Å². The van der Waals surface area contributed by atoms with Crippen molar-refractivity contribution in [3.05, 3.63) is 29.8 Å². The summed E-state index contributed by atoms with van der Waals surface area (Å²) in [5.41, 5.74) is 6.53. The lowest BCUT2D eigenvalue weighted by molar-refractivity contribution is -0.144. The van der Waals surface area contributed by atoms with Gasteiger partial charge in [-0.15, -0.1) is 0 Å². The van der Waals surface area contributed by atoms with Gasteiger partial charge in [-0.3, -0.25) is 5.73 Å². The van der Waals surface area contributed by atoms with Crippen LogP contribution in [-0.2, 0) is 6.42 Å². The Morgan fingerprint density at radius 3 is 3.00 bits per heavy atom. The van der Waals surface area contributed by atoms with E-state index in [1.807, 2.05) is 24.3 Å². The molecule has 0 fully saturated rings. The van der Waals surface area contributed by atoms with Crippen LogP contribution >= 0.6 is 0 Å². The van der Waals surface area contributed by atoms with E-state index < -0.39 is 5.91 Å². The van der Waals surface area contributed by atoms with Crippen LogP contribution in [0, 0.1) is 0 Å². The van der Waals surface area contributed by atoms with Gasteiger partial charge < -0.3 is 9.84 Å². The van der Waals surface area contributed by atoms with Crippen molar-refractivity contribution in [1.82, 2.24) is 0 Å². The van der Waals surface area contributed by atoms with E-state index in [9.17, 15) is 5.11 Å². The number of rotatable bonds is 0. The van der Waals surface area contributed by atoms with Crippen LogP contribution in [0.25, 0.3) is 0 Å². The predicted octanol–water partition coefficient (Wildman–Crippen LogP) is 0.616. The number of fused-ring (bicyclic) bond motifs is 1. The minimum Gasteiger partial charge on any atom is -0.449 e. The second-order valence-electron chi connectivity index (χ2n) is 3.05. The molecule has 0 aromatic heterocycles. The van der Waals surface area contributed by atoms with E-state index in [1.54, 1.807) is 0 Å². The third-order valence-corrected chi connectivity index (χ3v) is 2.01. The highest BCUT2D eigenvalue weighted by Gasteiger charge is 2.28. The molecule has 1 aliphatic rings. The molecular weight excluding hydrogens is 154 g/mol. The average molecular weight is 165 g/mol. The molecular formula is C9H11NO2. The van der Waals surface area contributed by atoms with Crippen molar-refractivity contribution in [2.75, 3.05) is 0 Å². The monoisotopic (exact) mass is 165 g/mol. The summed E-state index contributed by atoms with van der Waals surface area (Å²) < 4.78 is 5.15. The maximum Gasteiger partial charge on any atom is 0.265 e.